The van der Waals surface area contributed by atoms with Crippen LogP contribution in [0.5, 0.6) is 0 Å². The van der Waals surface area contributed by atoms with Crippen molar-refractivity contribution in [2.24, 2.45) is 11.3 Å². The Morgan fingerprint density at radius 3 is 2.42 bits per heavy atom. The molecule has 136 valence electrons. The van der Waals surface area contributed by atoms with E-state index in [4.69, 9.17) is 10.8 Å². The molecule has 0 saturated carbocycles. The van der Waals surface area contributed by atoms with Crippen molar-refractivity contribution >= 4 is 8.32 Å². The summed E-state index contributed by atoms with van der Waals surface area (Å²) < 4.78 is 6.19. The van der Waals surface area contributed by atoms with Gasteiger partial charge in [-0.3, -0.25) is 0 Å². The third kappa shape index (κ3) is 5.10. The zero-order valence-corrected chi connectivity index (χ0v) is 18.3. The molecule has 0 aromatic carbocycles. The van der Waals surface area contributed by atoms with Crippen LogP contribution >= 0.6 is 0 Å². The van der Waals surface area contributed by atoms with Gasteiger partial charge >= 0.3 is 0 Å². The lowest BCUT2D eigenvalue weighted by Gasteiger charge is -2.35. The van der Waals surface area contributed by atoms with E-state index in [2.05, 4.69) is 72.7 Å². The van der Waals surface area contributed by atoms with Crippen LogP contribution in [0.1, 0.15) is 67.2 Å². The molecule has 0 aromatic heterocycles. The second-order valence-corrected chi connectivity index (χ2v) is 14.2. The van der Waals surface area contributed by atoms with Crippen molar-refractivity contribution in [1.82, 2.24) is 0 Å². The summed E-state index contributed by atoms with van der Waals surface area (Å²) in [5, 5.41) is 0.276. The van der Waals surface area contributed by atoms with Crippen LogP contribution in [-0.4, -0.2) is 14.9 Å². The highest BCUT2D eigenvalue weighted by atomic mass is 28.4. The zero-order chi connectivity index (χ0) is 18.6. The van der Waals surface area contributed by atoms with Crippen LogP contribution in [0.4, 0.5) is 0 Å². The van der Waals surface area contributed by atoms with Gasteiger partial charge in [-0.2, -0.15) is 0 Å². The summed E-state index contributed by atoms with van der Waals surface area (Å²) in [6.07, 6.45) is 14.9. The highest BCUT2D eigenvalue weighted by Crippen LogP contribution is 2.47. The van der Waals surface area contributed by atoms with Gasteiger partial charge in [-0.15, -0.1) is 6.42 Å². The largest absolute Gasteiger partial charge is 0.413 e. The lowest BCUT2D eigenvalue weighted by atomic mass is 9.78. The second kappa shape index (κ2) is 8.06. The van der Waals surface area contributed by atoms with Gasteiger partial charge in [-0.1, -0.05) is 65.2 Å². The summed E-state index contributed by atoms with van der Waals surface area (Å²) in [5.41, 5.74) is 2.98. The minimum Gasteiger partial charge on any atom is -0.413 e. The summed E-state index contributed by atoms with van der Waals surface area (Å²) in [4.78, 5) is 0. The number of hydrogen-bond acceptors (Lipinski definition) is 1. The van der Waals surface area contributed by atoms with Crippen molar-refractivity contribution in [3.63, 3.8) is 0 Å². The monoisotopic (exact) mass is 346 g/mol. The molecule has 24 heavy (non-hydrogen) atoms. The van der Waals surface area contributed by atoms with Crippen molar-refractivity contribution in [3.8, 4) is 12.3 Å². The maximum Gasteiger partial charge on any atom is 0.192 e. The first kappa shape index (κ1) is 21.3. The molecular weight excluding hydrogens is 308 g/mol. The molecule has 1 rings (SSSR count). The second-order valence-electron chi connectivity index (χ2n) is 9.34. The standard InChI is InChI=1S/C22H38OSi/c1-10-20-19(18(2)3)14-16-22(20,7)15-12-11-13-17-23-24(8,9)21(4,5)6/h1,11,13,18H,12,14-17H2,2-9H3/b13-11+/t22-/m0/s1. The molecule has 1 aliphatic rings. The molecule has 0 aliphatic heterocycles. The van der Waals surface area contributed by atoms with Gasteiger partial charge in [0, 0.05) is 11.0 Å². The Balaban J connectivity index is 2.52. The Bertz CT molecular complexity index is 525. The summed E-state index contributed by atoms with van der Waals surface area (Å²) in [7, 11) is -1.63. The van der Waals surface area contributed by atoms with E-state index in [1.54, 1.807) is 0 Å². The average Bonchev–Trinajstić information content (AvgIpc) is 2.78. The molecule has 0 aromatic rings. The number of rotatable bonds is 7. The quantitative estimate of drug-likeness (QED) is 0.282. The molecule has 1 atom stereocenters. The van der Waals surface area contributed by atoms with Crippen molar-refractivity contribution in [2.75, 3.05) is 6.61 Å². The third-order valence-corrected chi connectivity index (χ3v) is 10.6. The molecule has 0 heterocycles. The molecule has 0 N–H and O–H groups in total. The predicted molar refractivity (Wildman–Crippen MR) is 110 cm³/mol. The highest BCUT2D eigenvalue weighted by Gasteiger charge is 2.37. The third-order valence-electron chi connectivity index (χ3n) is 6.09. The zero-order valence-electron chi connectivity index (χ0n) is 17.3. The SMILES string of the molecule is C#CC1=C(C(C)C)CC[C@]1(C)CC/C=C/CO[Si](C)(C)C(C)(C)C. The Morgan fingerprint density at radius 2 is 1.92 bits per heavy atom. The van der Waals surface area contributed by atoms with Crippen molar-refractivity contribution in [2.45, 2.75) is 85.4 Å². The molecule has 2 heteroatoms. The number of terminal acetylenes is 1. The van der Waals surface area contributed by atoms with Gasteiger partial charge in [-0.05, 0) is 49.7 Å². The molecule has 0 saturated heterocycles. The Kier molecular flexibility index (Phi) is 7.14. The van der Waals surface area contributed by atoms with Crippen molar-refractivity contribution in [1.29, 1.82) is 0 Å². The van der Waals surface area contributed by atoms with E-state index in [1.807, 2.05) is 0 Å². The van der Waals surface area contributed by atoms with E-state index >= 15 is 0 Å². The van der Waals surface area contributed by atoms with E-state index in [0.717, 1.165) is 19.4 Å². The van der Waals surface area contributed by atoms with Crippen LogP contribution in [0.25, 0.3) is 0 Å². The fraction of sp³-hybridized carbons (Fsp3) is 0.727. The van der Waals surface area contributed by atoms with Crippen molar-refractivity contribution in [3.05, 3.63) is 23.3 Å². The normalized spacial score (nSPS) is 22.7. The molecule has 0 spiro atoms. The number of hydrogen-bond donors (Lipinski definition) is 0. The Morgan fingerprint density at radius 1 is 1.29 bits per heavy atom. The minimum absolute atomic E-state index is 0.193. The fourth-order valence-corrected chi connectivity index (χ4v) is 4.15. The van der Waals surface area contributed by atoms with Crippen LogP contribution in [0.15, 0.2) is 23.3 Å². The van der Waals surface area contributed by atoms with Gasteiger partial charge in [0.1, 0.15) is 0 Å². The summed E-state index contributed by atoms with van der Waals surface area (Å²) in [6, 6.07) is 0. The van der Waals surface area contributed by atoms with Gasteiger partial charge in [-0.25, -0.2) is 0 Å². The molecule has 1 nitrogen and oxygen atoms in total. The molecule has 0 radical (unpaired) electrons. The van der Waals surface area contributed by atoms with E-state index in [1.165, 1.54) is 24.0 Å². The molecule has 0 bridgehead atoms. The van der Waals surface area contributed by atoms with Gasteiger partial charge in [0.15, 0.2) is 8.32 Å². The first-order valence-electron chi connectivity index (χ1n) is 9.44. The van der Waals surface area contributed by atoms with E-state index in [0.29, 0.717) is 5.92 Å². The molecule has 0 amide bonds. The van der Waals surface area contributed by atoms with Crippen LogP contribution in [0.2, 0.25) is 18.1 Å². The Hall–Kier alpha value is -0.783. The Labute approximate surface area is 152 Å². The summed E-state index contributed by atoms with van der Waals surface area (Å²) >= 11 is 0. The molecule has 0 unspecified atom stereocenters. The average molecular weight is 347 g/mol. The van der Waals surface area contributed by atoms with Crippen LogP contribution in [-0.2, 0) is 4.43 Å². The number of allylic oxidation sites excluding steroid dienone is 3. The lowest BCUT2D eigenvalue weighted by molar-refractivity contribution is 0.327. The minimum atomic E-state index is -1.63. The maximum absolute atomic E-state index is 6.19. The van der Waals surface area contributed by atoms with E-state index in [9.17, 15) is 0 Å². The molecular formula is C22H38OSi. The summed E-state index contributed by atoms with van der Waals surface area (Å²) in [6.45, 7) is 19.1. The molecule has 1 aliphatic carbocycles. The lowest BCUT2D eigenvalue weighted by Crippen LogP contribution is -2.40. The molecule has 0 fully saturated rings. The predicted octanol–water partition coefficient (Wildman–Crippen LogP) is 6.73. The summed E-state index contributed by atoms with van der Waals surface area (Å²) in [5.74, 6) is 3.59. The fourth-order valence-electron chi connectivity index (χ4n) is 3.20. The topological polar surface area (TPSA) is 9.23 Å². The first-order chi connectivity index (χ1) is 10.9. The van der Waals surface area contributed by atoms with Crippen LogP contribution in [0, 0.1) is 23.7 Å². The van der Waals surface area contributed by atoms with Gasteiger partial charge < -0.3 is 4.43 Å². The van der Waals surface area contributed by atoms with E-state index < -0.39 is 8.32 Å². The highest BCUT2D eigenvalue weighted by molar-refractivity contribution is 6.74. The first-order valence-corrected chi connectivity index (χ1v) is 12.3. The van der Waals surface area contributed by atoms with E-state index in [-0.39, 0.29) is 10.5 Å². The van der Waals surface area contributed by atoms with Gasteiger partial charge in [0.2, 0.25) is 0 Å². The maximum atomic E-state index is 6.19. The van der Waals surface area contributed by atoms with Crippen LogP contribution < -0.4 is 0 Å². The smallest absolute Gasteiger partial charge is 0.192 e. The van der Waals surface area contributed by atoms with Gasteiger partial charge in [0.05, 0.1) is 6.61 Å². The van der Waals surface area contributed by atoms with Crippen molar-refractivity contribution < 1.29 is 4.43 Å². The van der Waals surface area contributed by atoms with Crippen LogP contribution in [0.3, 0.4) is 0 Å². The van der Waals surface area contributed by atoms with Gasteiger partial charge in [0.25, 0.3) is 0 Å².